The van der Waals surface area contributed by atoms with Crippen LogP contribution in [0.2, 0.25) is 0 Å². The average Bonchev–Trinajstić information content (AvgIpc) is 2.72. The number of fused-ring (bicyclic) bond motifs is 2. The van der Waals surface area contributed by atoms with Crippen LogP contribution in [-0.2, 0) is 13.0 Å². The van der Waals surface area contributed by atoms with Gasteiger partial charge in [-0.3, -0.25) is 0 Å². The molecule has 3 fully saturated rings. The Bertz CT molecular complexity index is 848. The van der Waals surface area contributed by atoms with Gasteiger partial charge in [-0.25, -0.2) is 19.2 Å². The predicted octanol–water partition coefficient (Wildman–Crippen LogP) is 2.36. The van der Waals surface area contributed by atoms with Crippen LogP contribution >= 0.6 is 0 Å². The summed E-state index contributed by atoms with van der Waals surface area (Å²) < 4.78 is 19.7. The van der Waals surface area contributed by atoms with Gasteiger partial charge >= 0.3 is 6.03 Å². The van der Waals surface area contributed by atoms with Gasteiger partial charge in [-0.05, 0) is 30.5 Å². The second-order valence-electron chi connectivity index (χ2n) is 7.17. The van der Waals surface area contributed by atoms with Crippen LogP contribution < -0.4 is 15.0 Å². The van der Waals surface area contributed by atoms with Crippen LogP contribution in [0.25, 0.3) is 0 Å². The molecule has 3 saturated heterocycles. The Labute approximate surface area is 163 Å². The fourth-order valence-electron chi connectivity index (χ4n) is 3.99. The largest absolute Gasteiger partial charge is 0.497 e. The maximum atomic E-state index is 14.5. The molecule has 2 bridgehead atoms. The number of piperazine rings is 1. The minimum atomic E-state index is -0.346. The number of aromatic nitrogens is 2. The molecule has 7 nitrogen and oxygen atoms in total. The number of aryl methyl sites for hydroxylation is 1. The van der Waals surface area contributed by atoms with Crippen LogP contribution in [-0.4, -0.2) is 53.2 Å². The molecule has 0 saturated carbocycles. The Kier molecular flexibility index (Phi) is 5.02. The molecule has 4 heterocycles. The van der Waals surface area contributed by atoms with E-state index in [1.807, 2.05) is 41.0 Å². The molecule has 1 aromatic heterocycles. The van der Waals surface area contributed by atoms with Crippen molar-refractivity contribution in [2.24, 2.45) is 0 Å². The second-order valence-corrected chi connectivity index (χ2v) is 7.17. The summed E-state index contributed by atoms with van der Waals surface area (Å²) in [6.45, 7) is 3.51. The van der Waals surface area contributed by atoms with Crippen molar-refractivity contribution in [2.45, 2.75) is 38.4 Å². The van der Waals surface area contributed by atoms with Crippen molar-refractivity contribution in [3.63, 3.8) is 0 Å². The maximum absolute atomic E-state index is 14.5. The van der Waals surface area contributed by atoms with E-state index in [9.17, 15) is 9.18 Å². The first kappa shape index (κ1) is 18.5. The van der Waals surface area contributed by atoms with E-state index in [4.69, 9.17) is 4.74 Å². The Morgan fingerprint density at radius 3 is 2.61 bits per heavy atom. The second kappa shape index (κ2) is 7.61. The highest BCUT2D eigenvalue weighted by Gasteiger charge is 2.48. The van der Waals surface area contributed by atoms with Crippen molar-refractivity contribution in [3.8, 4) is 5.75 Å². The number of ether oxygens (including phenoxy) is 1. The summed E-state index contributed by atoms with van der Waals surface area (Å²) in [7, 11) is 1.62. The Hall–Kier alpha value is -2.90. The number of carbonyl (C=O) groups excluding carboxylic acids is 1. The molecule has 1 N–H and O–H groups in total. The third kappa shape index (κ3) is 3.34. The van der Waals surface area contributed by atoms with Crippen LogP contribution in [0.15, 0.2) is 30.6 Å². The van der Waals surface area contributed by atoms with Crippen molar-refractivity contribution in [3.05, 3.63) is 47.7 Å². The van der Waals surface area contributed by atoms with Gasteiger partial charge in [0.15, 0.2) is 11.6 Å². The molecule has 1 aromatic carbocycles. The molecule has 0 aliphatic carbocycles. The van der Waals surface area contributed by atoms with Crippen molar-refractivity contribution < 1.29 is 13.9 Å². The van der Waals surface area contributed by atoms with Crippen molar-refractivity contribution in [1.29, 1.82) is 0 Å². The number of carbonyl (C=O) groups is 1. The van der Waals surface area contributed by atoms with Gasteiger partial charge in [-0.2, -0.15) is 0 Å². The quantitative estimate of drug-likeness (QED) is 0.856. The van der Waals surface area contributed by atoms with Gasteiger partial charge in [-0.1, -0.05) is 19.1 Å². The topological polar surface area (TPSA) is 70.6 Å². The smallest absolute Gasteiger partial charge is 0.318 e. The molecular weight excluding hydrogens is 361 g/mol. The van der Waals surface area contributed by atoms with E-state index in [-0.39, 0.29) is 23.9 Å². The minimum Gasteiger partial charge on any atom is -0.497 e. The number of methoxy groups -OCH3 is 1. The molecule has 0 spiro atoms. The van der Waals surface area contributed by atoms with E-state index in [0.717, 1.165) is 17.7 Å². The normalized spacial score (nSPS) is 20.5. The van der Waals surface area contributed by atoms with Gasteiger partial charge in [0.05, 0.1) is 24.9 Å². The number of piperidine rings is 1. The van der Waals surface area contributed by atoms with Crippen LogP contribution in [0.1, 0.15) is 24.6 Å². The Balaban J connectivity index is 1.36. The lowest BCUT2D eigenvalue weighted by Crippen LogP contribution is -2.71. The number of halogens is 1. The number of anilines is 1. The number of urea groups is 1. The first-order valence-corrected chi connectivity index (χ1v) is 9.54. The van der Waals surface area contributed by atoms with Gasteiger partial charge in [0.2, 0.25) is 0 Å². The predicted molar refractivity (Wildman–Crippen MR) is 103 cm³/mol. The fraction of sp³-hybridized carbons (Fsp3) is 0.450. The highest BCUT2D eigenvalue weighted by Crippen LogP contribution is 2.35. The summed E-state index contributed by atoms with van der Waals surface area (Å²) in [6, 6.07) is 7.69. The fourth-order valence-corrected chi connectivity index (χ4v) is 3.99. The lowest BCUT2D eigenvalue weighted by Gasteiger charge is -2.56. The molecule has 3 aliphatic rings. The molecule has 8 heteroatoms. The first-order chi connectivity index (χ1) is 13.6. The van der Waals surface area contributed by atoms with Crippen molar-refractivity contribution in [1.82, 2.24) is 20.2 Å². The molecular formula is C20H24FN5O2. The molecule has 2 atom stereocenters. The van der Waals surface area contributed by atoms with Gasteiger partial charge in [0, 0.05) is 19.6 Å². The molecule has 5 rings (SSSR count). The summed E-state index contributed by atoms with van der Waals surface area (Å²) in [5.41, 5.74) is 1.44. The standard InChI is InChI=1S/C20H24FN5O2/c1-3-17-18(21)19(24-12-23-17)25-10-14-8-15(11-25)26(14)20(27)22-9-13-4-6-16(28-2)7-5-13/h4-7,12,14-15H,3,8-11H2,1-2H3,(H,22,27). The number of rotatable bonds is 5. The highest BCUT2D eigenvalue weighted by atomic mass is 19.1. The molecule has 2 unspecified atom stereocenters. The number of hydrogen-bond acceptors (Lipinski definition) is 5. The van der Waals surface area contributed by atoms with E-state index in [2.05, 4.69) is 15.3 Å². The van der Waals surface area contributed by atoms with Crippen molar-refractivity contribution in [2.75, 3.05) is 25.1 Å². The van der Waals surface area contributed by atoms with E-state index in [1.165, 1.54) is 6.33 Å². The monoisotopic (exact) mass is 385 g/mol. The maximum Gasteiger partial charge on any atom is 0.318 e. The Morgan fingerprint density at radius 2 is 1.96 bits per heavy atom. The molecule has 2 aromatic rings. The number of amides is 2. The number of hydrogen-bond donors (Lipinski definition) is 1. The van der Waals surface area contributed by atoms with E-state index < -0.39 is 0 Å². The van der Waals surface area contributed by atoms with Crippen LogP contribution in [0, 0.1) is 5.82 Å². The number of nitrogens with one attached hydrogen (secondary N) is 1. The lowest BCUT2D eigenvalue weighted by atomic mass is 9.88. The third-order valence-electron chi connectivity index (χ3n) is 5.51. The van der Waals surface area contributed by atoms with E-state index in [0.29, 0.717) is 37.6 Å². The molecule has 3 aliphatic heterocycles. The Morgan fingerprint density at radius 1 is 1.25 bits per heavy atom. The molecule has 28 heavy (non-hydrogen) atoms. The highest BCUT2D eigenvalue weighted by molar-refractivity contribution is 5.76. The molecule has 0 radical (unpaired) electrons. The van der Waals surface area contributed by atoms with Crippen molar-refractivity contribution >= 4 is 11.8 Å². The summed E-state index contributed by atoms with van der Waals surface area (Å²) >= 11 is 0. The van der Waals surface area contributed by atoms with Crippen LogP contribution in [0.4, 0.5) is 15.0 Å². The summed E-state index contributed by atoms with van der Waals surface area (Å²) in [6.07, 6.45) is 2.89. The summed E-state index contributed by atoms with van der Waals surface area (Å²) in [5, 5.41) is 2.98. The number of nitrogens with zero attached hydrogens (tertiary/aromatic N) is 4. The molecule has 2 amide bonds. The number of benzene rings is 1. The van der Waals surface area contributed by atoms with Gasteiger partial charge in [0.1, 0.15) is 12.1 Å². The van der Waals surface area contributed by atoms with E-state index >= 15 is 0 Å². The van der Waals surface area contributed by atoms with E-state index in [1.54, 1.807) is 7.11 Å². The van der Waals surface area contributed by atoms with Gasteiger partial charge in [0.25, 0.3) is 0 Å². The SMILES string of the molecule is CCc1ncnc(N2CC3CC(C2)N3C(=O)NCc2ccc(OC)cc2)c1F. The summed E-state index contributed by atoms with van der Waals surface area (Å²) in [5.74, 6) is 0.789. The van der Waals surface area contributed by atoms with Gasteiger partial charge < -0.3 is 19.9 Å². The van der Waals surface area contributed by atoms with Crippen LogP contribution in [0.3, 0.4) is 0 Å². The van der Waals surface area contributed by atoms with Gasteiger partial charge in [-0.15, -0.1) is 0 Å². The molecule has 148 valence electrons. The summed E-state index contributed by atoms with van der Waals surface area (Å²) in [4.78, 5) is 24.6. The zero-order valence-electron chi connectivity index (χ0n) is 16.1. The first-order valence-electron chi connectivity index (χ1n) is 9.54. The van der Waals surface area contributed by atoms with Crippen LogP contribution in [0.5, 0.6) is 5.75 Å². The zero-order chi connectivity index (χ0) is 19.7. The average molecular weight is 385 g/mol. The lowest BCUT2D eigenvalue weighted by molar-refractivity contribution is 0.0362. The minimum absolute atomic E-state index is 0.0749. The zero-order valence-corrected chi connectivity index (χ0v) is 16.1. The third-order valence-corrected chi connectivity index (χ3v) is 5.51.